The molecule has 9 nitrogen and oxygen atoms in total. The maximum Gasteiger partial charge on any atom is 0.237 e. The zero-order chi connectivity index (χ0) is 20.1. The van der Waals surface area contributed by atoms with E-state index in [4.69, 9.17) is 4.52 Å². The van der Waals surface area contributed by atoms with E-state index in [2.05, 4.69) is 36.0 Å². The summed E-state index contributed by atoms with van der Waals surface area (Å²) >= 11 is 2.87. The fraction of sp³-hybridized carbons (Fsp3) is 0.111. The molecule has 2 N–H and O–H groups in total. The van der Waals surface area contributed by atoms with Crippen molar-refractivity contribution < 1.29 is 9.32 Å². The van der Waals surface area contributed by atoms with E-state index >= 15 is 0 Å². The van der Waals surface area contributed by atoms with Gasteiger partial charge in [-0.15, -0.1) is 10.2 Å². The second-order valence-corrected chi connectivity index (χ2v) is 7.98. The molecule has 1 amide bonds. The summed E-state index contributed by atoms with van der Waals surface area (Å²) in [6.07, 6.45) is 1.68. The van der Waals surface area contributed by atoms with Gasteiger partial charge in [0.2, 0.25) is 22.8 Å². The molecule has 29 heavy (non-hydrogen) atoms. The lowest BCUT2D eigenvalue weighted by atomic mass is 10.3. The van der Waals surface area contributed by atoms with Gasteiger partial charge in [-0.3, -0.25) is 9.78 Å². The Bertz CT molecular complexity index is 1110. The molecular weight excluding hydrogens is 410 g/mol. The molecule has 0 radical (unpaired) electrons. The molecule has 4 aromatic rings. The number of amides is 1. The van der Waals surface area contributed by atoms with Crippen LogP contribution in [0, 0.1) is 0 Å². The van der Waals surface area contributed by atoms with Crippen LogP contribution in [-0.4, -0.2) is 31.2 Å². The number of carbonyl (C=O) groups is 1. The molecular formula is C18H15N7O2S2. The second kappa shape index (κ2) is 8.80. The average molecular weight is 425 g/mol. The van der Waals surface area contributed by atoms with E-state index in [0.29, 0.717) is 34.0 Å². The summed E-state index contributed by atoms with van der Waals surface area (Å²) in [5.74, 6) is 1.30. The standard InChI is InChI=1S/C18H15N7O2S2/c1-11(26)20-12-5-4-6-13(9-12)21-17-23-24-18(29-17)28-10-15-22-16(25-27-15)14-7-2-3-8-19-14/h2-9H,10H2,1H3,(H,20,26)(H,21,23). The summed E-state index contributed by atoms with van der Waals surface area (Å²) in [5, 5.41) is 18.8. The Morgan fingerprint density at radius 3 is 2.90 bits per heavy atom. The van der Waals surface area contributed by atoms with Gasteiger partial charge in [0, 0.05) is 24.5 Å². The minimum absolute atomic E-state index is 0.121. The highest BCUT2D eigenvalue weighted by Crippen LogP contribution is 2.30. The van der Waals surface area contributed by atoms with Crippen LogP contribution in [-0.2, 0) is 10.5 Å². The second-order valence-electron chi connectivity index (χ2n) is 5.78. The molecule has 0 aliphatic heterocycles. The Morgan fingerprint density at radius 2 is 2.07 bits per heavy atom. The van der Waals surface area contributed by atoms with Gasteiger partial charge in [0.25, 0.3) is 0 Å². The van der Waals surface area contributed by atoms with Crippen molar-refractivity contribution in [2.45, 2.75) is 17.0 Å². The van der Waals surface area contributed by atoms with Crippen molar-refractivity contribution in [3.05, 3.63) is 54.6 Å². The van der Waals surface area contributed by atoms with Crippen molar-refractivity contribution in [3.63, 3.8) is 0 Å². The Labute approximate surface area is 174 Å². The fourth-order valence-corrected chi connectivity index (χ4v) is 3.97. The van der Waals surface area contributed by atoms with Crippen LogP contribution < -0.4 is 10.6 Å². The molecule has 0 fully saturated rings. The molecule has 0 unspecified atom stereocenters. The normalized spacial score (nSPS) is 10.7. The number of pyridine rings is 1. The molecule has 0 atom stereocenters. The highest BCUT2D eigenvalue weighted by Gasteiger charge is 2.12. The smallest absolute Gasteiger partial charge is 0.237 e. The number of hydrogen-bond donors (Lipinski definition) is 2. The first-order valence-electron chi connectivity index (χ1n) is 8.51. The third-order valence-corrected chi connectivity index (χ3v) is 5.48. The van der Waals surface area contributed by atoms with Gasteiger partial charge in [-0.1, -0.05) is 40.4 Å². The van der Waals surface area contributed by atoms with Crippen molar-refractivity contribution in [3.8, 4) is 11.5 Å². The molecule has 0 saturated carbocycles. The summed E-state index contributed by atoms with van der Waals surface area (Å²) in [6.45, 7) is 1.47. The summed E-state index contributed by atoms with van der Waals surface area (Å²) in [4.78, 5) is 19.7. The molecule has 0 saturated heterocycles. The Hall–Kier alpha value is -3.31. The number of benzene rings is 1. The van der Waals surface area contributed by atoms with Crippen molar-refractivity contribution in [1.82, 2.24) is 25.3 Å². The molecule has 0 bridgehead atoms. The summed E-state index contributed by atoms with van der Waals surface area (Å²) < 4.78 is 6.04. The number of anilines is 3. The van der Waals surface area contributed by atoms with Crippen LogP contribution in [0.2, 0.25) is 0 Å². The van der Waals surface area contributed by atoms with Crippen LogP contribution in [0.15, 0.2) is 57.5 Å². The van der Waals surface area contributed by atoms with Crippen molar-refractivity contribution >= 4 is 45.5 Å². The van der Waals surface area contributed by atoms with Crippen molar-refractivity contribution in [2.24, 2.45) is 0 Å². The third kappa shape index (κ3) is 5.15. The van der Waals surface area contributed by atoms with Crippen LogP contribution in [0.3, 0.4) is 0 Å². The predicted molar refractivity (Wildman–Crippen MR) is 111 cm³/mol. The largest absolute Gasteiger partial charge is 0.338 e. The molecule has 0 aliphatic rings. The Balaban J connectivity index is 1.35. The third-order valence-electron chi connectivity index (χ3n) is 3.52. The lowest BCUT2D eigenvalue weighted by molar-refractivity contribution is -0.114. The molecule has 3 aromatic heterocycles. The van der Waals surface area contributed by atoms with Gasteiger partial charge in [0.05, 0.1) is 5.75 Å². The summed E-state index contributed by atoms with van der Waals surface area (Å²) in [5.41, 5.74) is 2.18. The number of aromatic nitrogens is 5. The van der Waals surface area contributed by atoms with Gasteiger partial charge in [0.1, 0.15) is 5.69 Å². The lowest BCUT2D eigenvalue weighted by Gasteiger charge is -2.05. The minimum atomic E-state index is -0.121. The lowest BCUT2D eigenvalue weighted by Crippen LogP contribution is -2.05. The van der Waals surface area contributed by atoms with Crippen molar-refractivity contribution in [1.29, 1.82) is 0 Å². The van der Waals surface area contributed by atoms with Gasteiger partial charge in [-0.05, 0) is 30.3 Å². The monoisotopic (exact) mass is 425 g/mol. The summed E-state index contributed by atoms with van der Waals surface area (Å²) in [6, 6.07) is 12.9. The molecule has 11 heteroatoms. The van der Waals surface area contributed by atoms with Crippen molar-refractivity contribution in [2.75, 3.05) is 10.6 Å². The first-order valence-corrected chi connectivity index (χ1v) is 10.3. The van der Waals surface area contributed by atoms with E-state index in [1.807, 2.05) is 42.5 Å². The Morgan fingerprint density at radius 1 is 1.17 bits per heavy atom. The number of hydrogen-bond acceptors (Lipinski definition) is 10. The number of carbonyl (C=O) groups excluding carboxylic acids is 1. The van der Waals surface area contributed by atoms with E-state index in [-0.39, 0.29) is 5.91 Å². The molecule has 0 aliphatic carbocycles. The van der Waals surface area contributed by atoms with Crippen LogP contribution >= 0.6 is 23.1 Å². The number of rotatable bonds is 7. The zero-order valence-electron chi connectivity index (χ0n) is 15.2. The van der Waals surface area contributed by atoms with Gasteiger partial charge < -0.3 is 15.2 Å². The molecule has 0 spiro atoms. The van der Waals surface area contributed by atoms with E-state index in [1.54, 1.807) is 6.20 Å². The minimum Gasteiger partial charge on any atom is -0.338 e. The average Bonchev–Trinajstić information content (AvgIpc) is 3.36. The fourth-order valence-electron chi connectivity index (χ4n) is 2.36. The highest BCUT2D eigenvalue weighted by atomic mass is 32.2. The van der Waals surface area contributed by atoms with Gasteiger partial charge >= 0.3 is 0 Å². The van der Waals surface area contributed by atoms with Crippen LogP contribution in [0.25, 0.3) is 11.5 Å². The number of nitrogens with one attached hydrogen (secondary N) is 2. The van der Waals surface area contributed by atoms with E-state index in [9.17, 15) is 4.79 Å². The predicted octanol–water partition coefficient (Wildman–Crippen LogP) is 3.98. The number of nitrogens with zero attached hydrogens (tertiary/aromatic N) is 5. The van der Waals surface area contributed by atoms with Crippen LogP contribution in [0.5, 0.6) is 0 Å². The topological polar surface area (TPSA) is 119 Å². The van der Waals surface area contributed by atoms with E-state index in [0.717, 1.165) is 10.0 Å². The van der Waals surface area contributed by atoms with Crippen LogP contribution in [0.1, 0.15) is 12.8 Å². The van der Waals surface area contributed by atoms with Gasteiger partial charge in [0.15, 0.2) is 4.34 Å². The SMILES string of the molecule is CC(=O)Nc1cccc(Nc2nnc(SCc3nc(-c4ccccn4)no3)s2)c1. The van der Waals surface area contributed by atoms with Gasteiger partial charge in [-0.2, -0.15) is 4.98 Å². The quantitative estimate of drug-likeness (QED) is 0.424. The van der Waals surface area contributed by atoms with E-state index < -0.39 is 0 Å². The summed E-state index contributed by atoms with van der Waals surface area (Å²) in [7, 11) is 0. The Kier molecular flexibility index (Phi) is 5.77. The highest BCUT2D eigenvalue weighted by molar-refractivity contribution is 8.00. The molecule has 3 heterocycles. The first kappa shape index (κ1) is 19.0. The maximum atomic E-state index is 11.2. The number of thioether (sulfide) groups is 1. The van der Waals surface area contributed by atoms with E-state index in [1.165, 1.54) is 30.0 Å². The zero-order valence-corrected chi connectivity index (χ0v) is 16.8. The van der Waals surface area contributed by atoms with Crippen LogP contribution in [0.4, 0.5) is 16.5 Å². The molecule has 4 rings (SSSR count). The molecule has 1 aromatic carbocycles. The maximum absolute atomic E-state index is 11.2. The van der Waals surface area contributed by atoms with Gasteiger partial charge in [-0.25, -0.2) is 0 Å². The molecule has 146 valence electrons. The first-order chi connectivity index (χ1) is 14.2.